The minimum absolute atomic E-state index is 0.375. The summed E-state index contributed by atoms with van der Waals surface area (Å²) < 4.78 is 16.1. The van der Waals surface area contributed by atoms with Gasteiger partial charge in [0.15, 0.2) is 16.2 Å². The highest BCUT2D eigenvalue weighted by molar-refractivity contribution is 9.10. The normalized spacial score (nSPS) is 10.6. The van der Waals surface area contributed by atoms with Gasteiger partial charge in [0.05, 0.1) is 7.11 Å². The molecule has 98 valence electrons. The second kappa shape index (κ2) is 6.24. The summed E-state index contributed by atoms with van der Waals surface area (Å²) in [6.45, 7) is 0. The van der Waals surface area contributed by atoms with Gasteiger partial charge in [0.1, 0.15) is 5.76 Å². The van der Waals surface area contributed by atoms with Crippen molar-refractivity contribution in [2.45, 2.75) is 0 Å². The molecule has 0 aliphatic heterocycles. The van der Waals surface area contributed by atoms with E-state index in [4.69, 9.17) is 13.9 Å². The zero-order valence-corrected chi connectivity index (χ0v) is 11.7. The first-order valence-corrected chi connectivity index (χ1v) is 6.26. The molecule has 0 aliphatic carbocycles. The molecular weight excluding hydrogens is 312 g/mol. The van der Waals surface area contributed by atoms with Crippen LogP contribution in [0.15, 0.2) is 51.6 Å². The van der Waals surface area contributed by atoms with Gasteiger partial charge in [-0.25, -0.2) is 4.79 Å². The van der Waals surface area contributed by atoms with Gasteiger partial charge in [-0.2, -0.15) is 0 Å². The number of esters is 1. The number of carbonyl (C=O) groups excluding carboxylic acids is 1. The molecule has 5 heteroatoms. The van der Waals surface area contributed by atoms with E-state index < -0.39 is 5.97 Å². The summed E-state index contributed by atoms with van der Waals surface area (Å²) in [4.78, 5) is 11.6. The molecule has 1 heterocycles. The fourth-order valence-electron chi connectivity index (χ4n) is 1.41. The van der Waals surface area contributed by atoms with Gasteiger partial charge < -0.3 is 13.9 Å². The van der Waals surface area contributed by atoms with Crippen LogP contribution in [0.5, 0.6) is 11.5 Å². The third-order valence-corrected chi connectivity index (χ3v) is 2.68. The minimum Gasteiger partial charge on any atom is -0.493 e. The van der Waals surface area contributed by atoms with Crippen molar-refractivity contribution >= 4 is 28.0 Å². The van der Waals surface area contributed by atoms with Gasteiger partial charge in [0.25, 0.3) is 0 Å². The zero-order valence-electron chi connectivity index (χ0n) is 10.1. The quantitative estimate of drug-likeness (QED) is 0.489. The minimum atomic E-state index is -0.503. The highest BCUT2D eigenvalue weighted by Crippen LogP contribution is 2.26. The predicted octanol–water partition coefficient (Wildman–Crippen LogP) is 3.67. The first-order valence-electron chi connectivity index (χ1n) is 5.47. The summed E-state index contributed by atoms with van der Waals surface area (Å²) >= 11 is 3.18. The van der Waals surface area contributed by atoms with Gasteiger partial charge in [-0.05, 0) is 46.3 Å². The molecule has 0 radical (unpaired) electrons. The van der Waals surface area contributed by atoms with Crippen molar-refractivity contribution in [2.24, 2.45) is 0 Å². The average Bonchev–Trinajstić information content (AvgIpc) is 2.83. The SMILES string of the molecule is COc1ccccc1OC(=O)/C=C/c1ccc(Br)o1. The Kier molecular flexibility index (Phi) is 4.41. The number of hydrogen-bond donors (Lipinski definition) is 0. The van der Waals surface area contributed by atoms with Gasteiger partial charge in [0, 0.05) is 6.08 Å². The van der Waals surface area contributed by atoms with Gasteiger partial charge in [-0.15, -0.1) is 0 Å². The Labute approximate surface area is 118 Å². The number of benzene rings is 1. The van der Waals surface area contributed by atoms with Crippen LogP contribution in [0.25, 0.3) is 6.08 Å². The molecule has 4 nitrogen and oxygen atoms in total. The lowest BCUT2D eigenvalue weighted by Gasteiger charge is -2.06. The second-order valence-electron chi connectivity index (χ2n) is 3.55. The maximum absolute atomic E-state index is 11.6. The molecule has 0 atom stereocenters. The van der Waals surface area contributed by atoms with Gasteiger partial charge in [-0.3, -0.25) is 0 Å². The lowest BCUT2D eigenvalue weighted by Crippen LogP contribution is -2.04. The predicted molar refractivity (Wildman–Crippen MR) is 74.1 cm³/mol. The summed E-state index contributed by atoms with van der Waals surface area (Å²) in [7, 11) is 1.52. The van der Waals surface area contributed by atoms with E-state index in [1.807, 2.05) is 0 Å². The molecule has 1 aromatic heterocycles. The Morgan fingerprint density at radius 2 is 1.95 bits per heavy atom. The summed E-state index contributed by atoms with van der Waals surface area (Å²) in [6, 6.07) is 10.4. The number of ether oxygens (including phenoxy) is 2. The smallest absolute Gasteiger partial charge is 0.336 e. The van der Waals surface area contributed by atoms with Crippen LogP contribution in [0.1, 0.15) is 5.76 Å². The van der Waals surface area contributed by atoms with Crippen LogP contribution in [-0.2, 0) is 4.79 Å². The summed E-state index contributed by atoms with van der Waals surface area (Å²) in [5, 5.41) is 0. The highest BCUT2D eigenvalue weighted by atomic mass is 79.9. The van der Waals surface area contributed by atoms with Crippen molar-refractivity contribution in [3.8, 4) is 11.5 Å². The number of halogens is 1. The number of hydrogen-bond acceptors (Lipinski definition) is 4. The lowest BCUT2D eigenvalue weighted by atomic mass is 10.3. The first kappa shape index (κ1) is 13.4. The van der Waals surface area contributed by atoms with E-state index in [1.54, 1.807) is 36.4 Å². The van der Waals surface area contributed by atoms with E-state index in [9.17, 15) is 4.79 Å². The molecule has 0 bridgehead atoms. The van der Waals surface area contributed by atoms with Crippen molar-refractivity contribution < 1.29 is 18.7 Å². The Morgan fingerprint density at radius 3 is 2.58 bits per heavy atom. The van der Waals surface area contributed by atoms with Crippen LogP contribution in [0.4, 0.5) is 0 Å². The van der Waals surface area contributed by atoms with Crippen LogP contribution in [0.2, 0.25) is 0 Å². The molecule has 0 amide bonds. The maximum Gasteiger partial charge on any atom is 0.336 e. The lowest BCUT2D eigenvalue weighted by molar-refractivity contribution is -0.129. The van der Waals surface area contributed by atoms with Crippen molar-refractivity contribution in [3.05, 3.63) is 52.9 Å². The highest BCUT2D eigenvalue weighted by Gasteiger charge is 2.06. The average molecular weight is 323 g/mol. The molecule has 2 aromatic rings. The number of carbonyl (C=O) groups is 1. The van der Waals surface area contributed by atoms with Gasteiger partial charge in [-0.1, -0.05) is 12.1 Å². The van der Waals surface area contributed by atoms with Crippen LogP contribution < -0.4 is 9.47 Å². The van der Waals surface area contributed by atoms with E-state index in [2.05, 4.69) is 15.9 Å². The van der Waals surface area contributed by atoms with Gasteiger partial charge in [0.2, 0.25) is 0 Å². The molecule has 0 saturated carbocycles. The largest absolute Gasteiger partial charge is 0.493 e. The maximum atomic E-state index is 11.6. The fourth-order valence-corrected chi connectivity index (χ4v) is 1.73. The monoisotopic (exact) mass is 322 g/mol. The molecule has 19 heavy (non-hydrogen) atoms. The topological polar surface area (TPSA) is 48.7 Å². The third kappa shape index (κ3) is 3.72. The van der Waals surface area contributed by atoms with E-state index in [0.717, 1.165) is 0 Å². The van der Waals surface area contributed by atoms with Crippen molar-refractivity contribution in [1.29, 1.82) is 0 Å². The summed E-state index contributed by atoms with van der Waals surface area (Å²) in [5.41, 5.74) is 0. The summed E-state index contributed by atoms with van der Waals surface area (Å²) in [5.74, 6) is 0.936. The van der Waals surface area contributed by atoms with Crippen molar-refractivity contribution in [1.82, 2.24) is 0 Å². The summed E-state index contributed by atoms with van der Waals surface area (Å²) in [6.07, 6.45) is 2.82. The van der Waals surface area contributed by atoms with E-state index in [0.29, 0.717) is 21.9 Å². The molecule has 0 fully saturated rings. The fraction of sp³-hybridized carbons (Fsp3) is 0.0714. The number of methoxy groups -OCH3 is 1. The van der Waals surface area contributed by atoms with Crippen molar-refractivity contribution in [2.75, 3.05) is 7.11 Å². The molecule has 2 rings (SSSR count). The number of para-hydroxylation sites is 2. The third-order valence-electron chi connectivity index (χ3n) is 2.26. The second-order valence-corrected chi connectivity index (χ2v) is 4.33. The molecular formula is C14H11BrO4. The van der Waals surface area contributed by atoms with Crippen LogP contribution in [0.3, 0.4) is 0 Å². The van der Waals surface area contributed by atoms with Crippen LogP contribution in [-0.4, -0.2) is 13.1 Å². The zero-order chi connectivity index (χ0) is 13.7. The van der Waals surface area contributed by atoms with Crippen LogP contribution in [0, 0.1) is 0 Å². The number of furan rings is 1. The Bertz CT molecular complexity index is 601. The van der Waals surface area contributed by atoms with E-state index in [-0.39, 0.29) is 0 Å². The van der Waals surface area contributed by atoms with Gasteiger partial charge >= 0.3 is 5.97 Å². The Morgan fingerprint density at radius 1 is 1.21 bits per heavy atom. The molecule has 0 N–H and O–H groups in total. The Hall–Kier alpha value is -2.01. The van der Waals surface area contributed by atoms with Crippen molar-refractivity contribution in [3.63, 3.8) is 0 Å². The molecule has 0 saturated heterocycles. The van der Waals surface area contributed by atoms with E-state index >= 15 is 0 Å². The number of rotatable bonds is 4. The molecule has 1 aromatic carbocycles. The standard InChI is InChI=1S/C14H11BrO4/c1-17-11-4-2-3-5-12(11)19-14(16)9-7-10-6-8-13(15)18-10/h2-9H,1H3/b9-7+. The van der Waals surface area contributed by atoms with Crippen LogP contribution >= 0.6 is 15.9 Å². The molecule has 0 aliphatic rings. The van der Waals surface area contributed by atoms with E-state index in [1.165, 1.54) is 19.3 Å². The molecule has 0 unspecified atom stereocenters. The first-order chi connectivity index (χ1) is 9.19. The Balaban J connectivity index is 2.03. The molecule has 0 spiro atoms.